The molecular formula is C13H22N4O. The van der Waals surface area contributed by atoms with Crippen LogP contribution in [0.4, 0.5) is 11.6 Å². The molecule has 2 rings (SSSR count). The average molecular weight is 250 g/mol. The monoisotopic (exact) mass is 250 g/mol. The van der Waals surface area contributed by atoms with Gasteiger partial charge in [0.15, 0.2) is 0 Å². The summed E-state index contributed by atoms with van der Waals surface area (Å²) < 4.78 is 5.36. The fourth-order valence-electron chi connectivity index (χ4n) is 2.17. The summed E-state index contributed by atoms with van der Waals surface area (Å²) in [5, 5.41) is 6.54. The molecule has 1 fully saturated rings. The standard InChI is InChI=1S/C13H22N4O/c1-2-14-12-9-13(17-10-16-12)15-6-3-11-4-7-18-8-5-11/h9-11H,2-8H2,1H3,(H2,14,15,16,17). The second-order valence-electron chi connectivity index (χ2n) is 4.59. The highest BCUT2D eigenvalue weighted by molar-refractivity contribution is 5.46. The Hall–Kier alpha value is -1.36. The molecule has 0 bridgehead atoms. The first-order valence-electron chi connectivity index (χ1n) is 6.76. The predicted octanol–water partition coefficient (Wildman–Crippen LogP) is 2.14. The van der Waals surface area contributed by atoms with E-state index in [9.17, 15) is 0 Å². The molecular weight excluding hydrogens is 228 g/mol. The van der Waals surface area contributed by atoms with E-state index < -0.39 is 0 Å². The lowest BCUT2D eigenvalue weighted by Crippen LogP contribution is -2.18. The molecule has 100 valence electrons. The molecule has 0 amide bonds. The zero-order chi connectivity index (χ0) is 12.6. The van der Waals surface area contributed by atoms with Gasteiger partial charge < -0.3 is 15.4 Å². The van der Waals surface area contributed by atoms with Crippen molar-refractivity contribution in [2.45, 2.75) is 26.2 Å². The van der Waals surface area contributed by atoms with Crippen LogP contribution in [0, 0.1) is 5.92 Å². The van der Waals surface area contributed by atoms with Gasteiger partial charge in [0.05, 0.1) is 0 Å². The van der Waals surface area contributed by atoms with E-state index in [0.717, 1.165) is 43.9 Å². The lowest BCUT2D eigenvalue weighted by atomic mass is 9.97. The largest absolute Gasteiger partial charge is 0.381 e. The molecule has 5 heteroatoms. The highest BCUT2D eigenvalue weighted by atomic mass is 16.5. The van der Waals surface area contributed by atoms with E-state index in [0.29, 0.717) is 0 Å². The SMILES string of the molecule is CCNc1cc(NCCC2CCOCC2)ncn1. The molecule has 0 atom stereocenters. The van der Waals surface area contributed by atoms with Gasteiger partial charge in [0.1, 0.15) is 18.0 Å². The van der Waals surface area contributed by atoms with Crippen molar-refractivity contribution < 1.29 is 4.74 Å². The van der Waals surface area contributed by atoms with E-state index in [1.165, 1.54) is 19.3 Å². The number of nitrogens with zero attached hydrogens (tertiary/aromatic N) is 2. The topological polar surface area (TPSA) is 59.1 Å². The normalized spacial score (nSPS) is 16.5. The minimum atomic E-state index is 0.793. The minimum absolute atomic E-state index is 0.793. The van der Waals surface area contributed by atoms with E-state index in [-0.39, 0.29) is 0 Å². The molecule has 18 heavy (non-hydrogen) atoms. The summed E-state index contributed by atoms with van der Waals surface area (Å²) in [6, 6.07) is 1.95. The first-order valence-corrected chi connectivity index (χ1v) is 6.76. The van der Waals surface area contributed by atoms with Crippen LogP contribution in [0.25, 0.3) is 0 Å². The van der Waals surface area contributed by atoms with Crippen LogP contribution in [-0.2, 0) is 4.74 Å². The molecule has 0 spiro atoms. The second-order valence-corrected chi connectivity index (χ2v) is 4.59. The molecule has 1 aliphatic heterocycles. The molecule has 0 aromatic carbocycles. The zero-order valence-corrected chi connectivity index (χ0v) is 11.0. The van der Waals surface area contributed by atoms with Crippen LogP contribution in [0.1, 0.15) is 26.2 Å². The first-order chi connectivity index (χ1) is 8.88. The number of hydrogen-bond acceptors (Lipinski definition) is 5. The van der Waals surface area contributed by atoms with Gasteiger partial charge in [-0.3, -0.25) is 0 Å². The highest BCUT2D eigenvalue weighted by Gasteiger charge is 2.12. The molecule has 1 saturated heterocycles. The number of aromatic nitrogens is 2. The van der Waals surface area contributed by atoms with Gasteiger partial charge in [-0.15, -0.1) is 0 Å². The molecule has 0 aliphatic carbocycles. The van der Waals surface area contributed by atoms with Gasteiger partial charge >= 0.3 is 0 Å². The maximum Gasteiger partial charge on any atom is 0.131 e. The maximum absolute atomic E-state index is 5.36. The number of hydrogen-bond donors (Lipinski definition) is 2. The van der Waals surface area contributed by atoms with E-state index in [2.05, 4.69) is 27.5 Å². The summed E-state index contributed by atoms with van der Waals surface area (Å²) in [4.78, 5) is 8.37. The van der Waals surface area contributed by atoms with Gasteiger partial charge in [-0.2, -0.15) is 0 Å². The van der Waals surface area contributed by atoms with Crippen LogP contribution in [0.3, 0.4) is 0 Å². The molecule has 2 heterocycles. The van der Waals surface area contributed by atoms with Crippen molar-refractivity contribution in [3.63, 3.8) is 0 Å². The Labute approximate surface area is 108 Å². The van der Waals surface area contributed by atoms with Crippen molar-refractivity contribution in [1.29, 1.82) is 0 Å². The van der Waals surface area contributed by atoms with Crippen molar-refractivity contribution in [1.82, 2.24) is 9.97 Å². The molecule has 0 saturated carbocycles. The molecule has 0 radical (unpaired) electrons. The number of ether oxygens (including phenoxy) is 1. The summed E-state index contributed by atoms with van der Waals surface area (Å²) in [5.41, 5.74) is 0. The predicted molar refractivity (Wildman–Crippen MR) is 72.8 cm³/mol. The summed E-state index contributed by atoms with van der Waals surface area (Å²) in [5.74, 6) is 2.57. The summed E-state index contributed by atoms with van der Waals surface area (Å²) in [6.07, 6.45) is 5.15. The summed E-state index contributed by atoms with van der Waals surface area (Å²) >= 11 is 0. The lowest BCUT2D eigenvalue weighted by Gasteiger charge is -2.21. The third kappa shape index (κ3) is 4.14. The number of nitrogens with one attached hydrogen (secondary N) is 2. The van der Waals surface area contributed by atoms with E-state index in [4.69, 9.17) is 4.74 Å². The van der Waals surface area contributed by atoms with Crippen molar-refractivity contribution >= 4 is 11.6 Å². The Bertz CT molecular complexity index is 353. The molecule has 1 aliphatic rings. The third-order valence-electron chi connectivity index (χ3n) is 3.22. The Balaban J connectivity index is 1.73. The average Bonchev–Trinajstić information content (AvgIpc) is 2.41. The van der Waals surface area contributed by atoms with Crippen LogP contribution in [0.2, 0.25) is 0 Å². The van der Waals surface area contributed by atoms with E-state index >= 15 is 0 Å². The van der Waals surface area contributed by atoms with Crippen molar-refractivity contribution in [2.24, 2.45) is 5.92 Å². The van der Waals surface area contributed by atoms with Gasteiger partial charge in [0, 0.05) is 32.4 Å². The Morgan fingerprint density at radius 2 is 1.94 bits per heavy atom. The molecule has 5 nitrogen and oxygen atoms in total. The number of rotatable bonds is 6. The third-order valence-corrected chi connectivity index (χ3v) is 3.22. The number of anilines is 2. The highest BCUT2D eigenvalue weighted by Crippen LogP contribution is 2.18. The first kappa shape index (κ1) is 13.1. The summed E-state index contributed by atoms with van der Waals surface area (Å²) in [6.45, 7) is 5.73. The smallest absolute Gasteiger partial charge is 0.131 e. The fourth-order valence-corrected chi connectivity index (χ4v) is 2.17. The van der Waals surface area contributed by atoms with Crippen molar-refractivity contribution in [2.75, 3.05) is 36.9 Å². The second kappa shape index (κ2) is 7.16. The maximum atomic E-state index is 5.36. The minimum Gasteiger partial charge on any atom is -0.381 e. The summed E-state index contributed by atoms with van der Waals surface area (Å²) in [7, 11) is 0. The molecule has 1 aromatic heterocycles. The van der Waals surface area contributed by atoms with Crippen molar-refractivity contribution in [3.05, 3.63) is 12.4 Å². The lowest BCUT2D eigenvalue weighted by molar-refractivity contribution is 0.0649. The van der Waals surface area contributed by atoms with Crippen LogP contribution in [-0.4, -0.2) is 36.3 Å². The van der Waals surface area contributed by atoms with Gasteiger partial charge in [-0.25, -0.2) is 9.97 Å². The molecule has 1 aromatic rings. The van der Waals surface area contributed by atoms with Crippen LogP contribution >= 0.6 is 0 Å². The van der Waals surface area contributed by atoms with Crippen LogP contribution in [0.5, 0.6) is 0 Å². The van der Waals surface area contributed by atoms with Gasteiger partial charge in [-0.1, -0.05) is 0 Å². The van der Waals surface area contributed by atoms with Crippen molar-refractivity contribution in [3.8, 4) is 0 Å². The van der Waals surface area contributed by atoms with Crippen LogP contribution in [0.15, 0.2) is 12.4 Å². The van der Waals surface area contributed by atoms with E-state index in [1.54, 1.807) is 6.33 Å². The fraction of sp³-hybridized carbons (Fsp3) is 0.692. The van der Waals surface area contributed by atoms with E-state index in [1.807, 2.05) is 6.07 Å². The molecule has 2 N–H and O–H groups in total. The van der Waals surface area contributed by atoms with Gasteiger partial charge in [0.2, 0.25) is 0 Å². The van der Waals surface area contributed by atoms with Crippen LogP contribution < -0.4 is 10.6 Å². The molecule has 0 unspecified atom stereocenters. The van der Waals surface area contributed by atoms with Gasteiger partial charge in [0.25, 0.3) is 0 Å². The van der Waals surface area contributed by atoms with Gasteiger partial charge in [-0.05, 0) is 32.1 Å². The quantitative estimate of drug-likeness (QED) is 0.810. The Morgan fingerprint density at radius 1 is 1.22 bits per heavy atom. The Kier molecular flexibility index (Phi) is 5.20. The Morgan fingerprint density at radius 3 is 2.67 bits per heavy atom. The zero-order valence-electron chi connectivity index (χ0n) is 11.0.